The van der Waals surface area contributed by atoms with Crippen LogP contribution < -0.4 is 38.6 Å². The smallest absolute Gasteiger partial charge is 0.425 e. The molecule has 264 valence electrons. The van der Waals surface area contributed by atoms with E-state index in [0.717, 1.165) is 44.7 Å². The number of aryl methyl sites for hydroxylation is 1. The maximum Gasteiger partial charge on any atom is 0.425 e. The average Bonchev–Trinajstić information content (AvgIpc) is 3.13. The quantitative estimate of drug-likeness (QED) is 0.161. The van der Waals surface area contributed by atoms with Crippen molar-refractivity contribution in [2.24, 2.45) is 0 Å². The van der Waals surface area contributed by atoms with Crippen LogP contribution in [0.1, 0.15) is 17.5 Å². The van der Waals surface area contributed by atoms with Crippen molar-refractivity contribution in [2.75, 3.05) is 85.0 Å². The van der Waals surface area contributed by atoms with Gasteiger partial charge in [0.25, 0.3) is 0 Å². The molecule has 1 fully saturated rings. The predicted molar refractivity (Wildman–Crippen MR) is 190 cm³/mol. The number of benzene rings is 2. The summed E-state index contributed by atoms with van der Waals surface area (Å²) in [6, 6.07) is 17.8. The van der Waals surface area contributed by atoms with E-state index < -0.39 is 6.09 Å². The van der Waals surface area contributed by atoms with Gasteiger partial charge < -0.3 is 43.5 Å². The summed E-state index contributed by atoms with van der Waals surface area (Å²) < 4.78 is 34.5. The molecule has 1 saturated heterocycles. The lowest BCUT2D eigenvalue weighted by Crippen LogP contribution is -2.44. The van der Waals surface area contributed by atoms with Gasteiger partial charge in [0.2, 0.25) is 11.7 Å². The standard InChI is InChI=1S/C37H44N6O7/c1-25-10-8-11-26(2)34(25)50-37(44)43(29-13-12-28(45-4)24-30(29)46-5)33-14-15-38-36(40-33)39-27-22-31(47-6)35(32(23-27)48-7)49-21-9-16-42-19-17-41(3)18-20-42/h10,12-15,22-24H,9,16-21H2,1-7H3,(H,38,39,40). The number of nitrogens with one attached hydrogen (secondary N) is 1. The Kier molecular flexibility index (Phi) is 12.0. The molecule has 13 nitrogen and oxygen atoms in total. The lowest BCUT2D eigenvalue weighted by Gasteiger charge is -2.32. The largest absolute Gasteiger partial charge is 0.497 e. The summed E-state index contributed by atoms with van der Waals surface area (Å²) in [7, 11) is 8.36. The summed E-state index contributed by atoms with van der Waals surface area (Å²) in [5.41, 5.74) is 2.32. The van der Waals surface area contributed by atoms with Crippen LogP contribution in [0.3, 0.4) is 0 Å². The van der Waals surface area contributed by atoms with E-state index in [0.29, 0.717) is 58.0 Å². The third-order valence-corrected chi connectivity index (χ3v) is 8.29. The van der Waals surface area contributed by atoms with Gasteiger partial charge in [-0.05, 0) is 45.5 Å². The van der Waals surface area contributed by atoms with E-state index >= 15 is 0 Å². The molecule has 0 spiro atoms. The van der Waals surface area contributed by atoms with Crippen LogP contribution in [0.2, 0.25) is 0 Å². The second-order valence-electron chi connectivity index (χ2n) is 11.7. The zero-order valence-corrected chi connectivity index (χ0v) is 29.7. The number of nitrogens with zero attached hydrogens (tertiary/aromatic N) is 5. The average molecular weight is 685 g/mol. The topological polar surface area (TPSA) is 120 Å². The first kappa shape index (κ1) is 35.8. The van der Waals surface area contributed by atoms with Gasteiger partial charge in [0.05, 0.1) is 40.7 Å². The van der Waals surface area contributed by atoms with Crippen molar-refractivity contribution in [3.63, 3.8) is 0 Å². The molecular formula is C37H44N6O7. The minimum Gasteiger partial charge on any atom is -0.497 e. The van der Waals surface area contributed by atoms with E-state index in [4.69, 9.17) is 33.4 Å². The highest BCUT2D eigenvalue weighted by Crippen LogP contribution is 2.41. The van der Waals surface area contributed by atoms with Gasteiger partial charge in [-0.2, -0.15) is 4.98 Å². The Labute approximate surface area is 293 Å². The van der Waals surface area contributed by atoms with E-state index in [-0.39, 0.29) is 11.8 Å². The molecule has 0 aliphatic carbocycles. The molecule has 50 heavy (non-hydrogen) atoms. The second kappa shape index (κ2) is 16.8. The number of anilines is 4. The van der Waals surface area contributed by atoms with Crippen molar-refractivity contribution in [3.05, 3.63) is 71.9 Å². The number of piperazine rings is 1. The monoisotopic (exact) mass is 684 g/mol. The van der Waals surface area contributed by atoms with Crippen LogP contribution in [-0.2, 0) is 0 Å². The Balaban J connectivity index is 1.40. The Hall–Kier alpha value is -5.45. The predicted octanol–water partition coefficient (Wildman–Crippen LogP) is 5.83. The summed E-state index contributed by atoms with van der Waals surface area (Å²) in [6.07, 6.45) is 1.69. The lowest BCUT2D eigenvalue weighted by atomic mass is 10.2. The Morgan fingerprint density at radius 1 is 0.920 bits per heavy atom. The van der Waals surface area contributed by atoms with Gasteiger partial charge in [0.15, 0.2) is 11.5 Å². The number of likely N-dealkylation sites (N-methyl/N-ethyl adjacent to an activating group) is 1. The molecule has 0 saturated carbocycles. The number of rotatable bonds is 14. The number of amides is 1. The fourth-order valence-electron chi connectivity index (χ4n) is 5.54. The summed E-state index contributed by atoms with van der Waals surface area (Å²) >= 11 is 0. The number of aromatic nitrogens is 2. The van der Waals surface area contributed by atoms with Crippen LogP contribution in [-0.4, -0.2) is 101 Å². The lowest BCUT2D eigenvalue weighted by molar-refractivity contribution is 0.144. The number of carbonyl (C=O) groups excluding carboxylic acids is 1. The highest BCUT2D eigenvalue weighted by Gasteiger charge is 2.27. The molecule has 1 aliphatic rings. The number of hydrogen-bond acceptors (Lipinski definition) is 12. The first-order valence-electron chi connectivity index (χ1n) is 16.3. The van der Waals surface area contributed by atoms with E-state index in [1.54, 1.807) is 70.7 Å². The third kappa shape index (κ3) is 8.58. The molecule has 0 unspecified atom stereocenters. The molecule has 1 amide bonds. The van der Waals surface area contributed by atoms with Crippen molar-refractivity contribution >= 4 is 29.2 Å². The number of ether oxygens (including phenoxy) is 6. The van der Waals surface area contributed by atoms with Gasteiger partial charge in [-0.1, -0.05) is 12.1 Å². The number of hydrogen-bond donors (Lipinski definition) is 1. The van der Waals surface area contributed by atoms with Crippen LogP contribution in [0.25, 0.3) is 0 Å². The van der Waals surface area contributed by atoms with Gasteiger partial charge in [0.1, 0.15) is 23.1 Å². The number of methoxy groups -OCH3 is 4. The minimum absolute atomic E-state index is 0.202. The zero-order valence-electron chi connectivity index (χ0n) is 29.7. The van der Waals surface area contributed by atoms with Gasteiger partial charge in [-0.3, -0.25) is 0 Å². The molecule has 1 aromatic heterocycles. The third-order valence-electron chi connectivity index (χ3n) is 8.29. The van der Waals surface area contributed by atoms with E-state index in [1.165, 1.54) is 18.2 Å². The maximum absolute atomic E-state index is 14.0. The van der Waals surface area contributed by atoms with Crippen LogP contribution >= 0.6 is 0 Å². The van der Waals surface area contributed by atoms with Crippen LogP contribution in [0.5, 0.6) is 34.5 Å². The highest BCUT2D eigenvalue weighted by molar-refractivity contribution is 5.98. The van der Waals surface area contributed by atoms with Crippen LogP contribution in [0.15, 0.2) is 48.7 Å². The van der Waals surface area contributed by atoms with Gasteiger partial charge >= 0.3 is 6.09 Å². The molecule has 1 N–H and O–H groups in total. The molecule has 5 rings (SSSR count). The molecule has 4 aromatic rings. The van der Waals surface area contributed by atoms with Crippen molar-refractivity contribution in [1.29, 1.82) is 0 Å². The summed E-state index contributed by atoms with van der Waals surface area (Å²) in [5.74, 6) is 3.19. The SMILES string of the molecule is COc1ccc(N(C(=O)Oc2c(C)c#ccc2C)c2ccnc(Nc3cc(OC)c(OCCCN4CCN(C)CC4)c(OC)c3)n2)c(OC)c1. The van der Waals surface area contributed by atoms with Crippen molar-refractivity contribution in [2.45, 2.75) is 20.3 Å². The molecule has 1 aliphatic heterocycles. The van der Waals surface area contributed by atoms with Crippen LogP contribution in [0, 0.1) is 26.0 Å². The molecule has 0 radical (unpaired) electrons. The van der Waals surface area contributed by atoms with Crippen molar-refractivity contribution in [1.82, 2.24) is 19.8 Å². The first-order valence-corrected chi connectivity index (χ1v) is 16.3. The summed E-state index contributed by atoms with van der Waals surface area (Å²) in [5, 5.41) is 3.21. The summed E-state index contributed by atoms with van der Waals surface area (Å²) in [6.45, 7) is 9.37. The normalized spacial score (nSPS) is 13.2. The fourth-order valence-corrected chi connectivity index (χ4v) is 5.54. The zero-order chi connectivity index (χ0) is 35.6. The van der Waals surface area contributed by atoms with Crippen molar-refractivity contribution in [3.8, 4) is 34.5 Å². The molecule has 13 heteroatoms. The second-order valence-corrected chi connectivity index (χ2v) is 11.7. The Morgan fingerprint density at radius 2 is 1.64 bits per heavy atom. The highest BCUT2D eigenvalue weighted by atomic mass is 16.6. The van der Waals surface area contributed by atoms with E-state index in [9.17, 15) is 4.79 Å². The van der Waals surface area contributed by atoms with Gasteiger partial charge in [-0.15, -0.1) is 0 Å². The Bertz CT molecular complexity index is 1720. The fraction of sp³-hybridized carbons (Fsp3) is 0.378. The number of carbonyl (C=O) groups is 1. The first-order chi connectivity index (χ1) is 24.2. The van der Waals surface area contributed by atoms with E-state index in [2.05, 4.69) is 39.3 Å². The molecular weight excluding hydrogens is 640 g/mol. The molecule has 0 atom stereocenters. The minimum atomic E-state index is -0.721. The summed E-state index contributed by atoms with van der Waals surface area (Å²) in [4.78, 5) is 29.2. The van der Waals surface area contributed by atoms with Crippen LogP contribution in [0.4, 0.5) is 27.9 Å². The molecule has 0 bridgehead atoms. The maximum atomic E-state index is 14.0. The van der Waals surface area contributed by atoms with Gasteiger partial charge in [0, 0.05) is 80.0 Å². The molecule has 3 aromatic carbocycles. The Morgan fingerprint density at radius 3 is 2.30 bits per heavy atom. The van der Waals surface area contributed by atoms with E-state index in [1.807, 2.05) is 6.92 Å². The molecule has 2 heterocycles. The van der Waals surface area contributed by atoms with Crippen molar-refractivity contribution < 1.29 is 33.2 Å². The van der Waals surface area contributed by atoms with Gasteiger partial charge in [-0.25, -0.2) is 14.7 Å².